The molecule has 1 rings (SSSR count). The Bertz CT molecular complexity index is 692. The Morgan fingerprint density at radius 3 is 2.48 bits per heavy atom. The zero-order valence-corrected chi connectivity index (χ0v) is 14.6. The van der Waals surface area contributed by atoms with Crippen LogP contribution in [0, 0.1) is 5.41 Å². The van der Waals surface area contributed by atoms with Crippen molar-refractivity contribution in [1.82, 2.24) is 0 Å². The van der Waals surface area contributed by atoms with Gasteiger partial charge in [-0.25, -0.2) is 0 Å². The van der Waals surface area contributed by atoms with Crippen molar-refractivity contribution in [2.24, 2.45) is 0 Å². The van der Waals surface area contributed by atoms with E-state index in [1.165, 1.54) is 0 Å². The third kappa shape index (κ3) is 6.15. The molecule has 0 saturated carbocycles. The molecule has 0 heterocycles. The van der Waals surface area contributed by atoms with Gasteiger partial charge in [-0.3, -0.25) is 0 Å². The number of rotatable bonds is 9. The molecule has 0 aliphatic carbocycles. The van der Waals surface area contributed by atoms with E-state index in [1.54, 1.807) is 0 Å². The van der Waals surface area contributed by atoms with E-state index in [2.05, 4.69) is 0 Å². The fourth-order valence-corrected chi connectivity index (χ4v) is 3.60. The quantitative estimate of drug-likeness (QED) is 0.300. The van der Waals surface area contributed by atoms with E-state index in [-0.39, 0.29) is 21.7 Å². The van der Waals surface area contributed by atoms with Gasteiger partial charge in [-0.05, 0) is 0 Å². The molecule has 0 aliphatic rings. The topological polar surface area (TPSA) is 76.5 Å². The van der Waals surface area contributed by atoms with Crippen molar-refractivity contribution in [3.8, 4) is 0 Å². The predicted molar refractivity (Wildman–Crippen MR) is 89.3 cm³/mol. The second-order valence-electron chi connectivity index (χ2n) is 4.26. The fourth-order valence-electron chi connectivity index (χ4n) is 1.54. The van der Waals surface area contributed by atoms with Gasteiger partial charge < -0.3 is 0 Å². The zero-order chi connectivity index (χ0) is 17.6. The summed E-state index contributed by atoms with van der Waals surface area (Å²) in [6.45, 7) is -0.330. The molecule has 12 heteroatoms. The van der Waals surface area contributed by atoms with Gasteiger partial charge in [0.25, 0.3) is 0 Å². The normalized spacial score (nSPS) is 13.9. The molecule has 23 heavy (non-hydrogen) atoms. The molecule has 0 spiro atoms. The molecular formula is C11H10B2Cl3FNO4S. The van der Waals surface area contributed by atoms with E-state index in [0.717, 1.165) is 19.1 Å². The fraction of sp³-hybridized carbons (Fsp3) is 0.364. The molecule has 0 unspecified atom stereocenters. The summed E-state index contributed by atoms with van der Waals surface area (Å²) in [7, 11) is 1.48. The standard InChI is InChI=1S/C11H10B2Cl3FNO4S/c12-13-21-5-7(1-6(17)4-18)22-23(19,20)11-3-9(15)8(14)2-10(11)16/h2-4,6-7,18H,1,5H2/t6-,7-/m0/s1. The molecule has 0 fully saturated rings. The summed E-state index contributed by atoms with van der Waals surface area (Å²) >= 11 is 17.3. The van der Waals surface area contributed by atoms with Crippen LogP contribution in [0.1, 0.15) is 6.42 Å². The summed E-state index contributed by atoms with van der Waals surface area (Å²) in [4.78, 5) is -0.416. The van der Waals surface area contributed by atoms with Crippen LogP contribution in [0.4, 0.5) is 4.39 Å². The van der Waals surface area contributed by atoms with Gasteiger partial charge in [0.1, 0.15) is 0 Å². The van der Waals surface area contributed by atoms with Crippen molar-refractivity contribution in [2.75, 3.05) is 6.61 Å². The number of hydrogen-bond acceptors (Lipinski definition) is 5. The zero-order valence-electron chi connectivity index (χ0n) is 11.5. The number of hydrogen-bond donors (Lipinski definition) is 1. The Morgan fingerprint density at radius 1 is 1.30 bits per heavy atom. The van der Waals surface area contributed by atoms with Crippen LogP contribution >= 0.6 is 34.8 Å². The maximum atomic E-state index is 13.3. The molecule has 0 amide bonds. The van der Waals surface area contributed by atoms with Crippen LogP contribution in [0.5, 0.6) is 0 Å². The molecule has 5 nitrogen and oxygen atoms in total. The molecule has 123 valence electrons. The predicted octanol–water partition coefficient (Wildman–Crippen LogP) is 2.82. The summed E-state index contributed by atoms with van der Waals surface area (Å²) in [5.41, 5.74) is 0. The monoisotopic (exact) mass is 398 g/mol. The van der Waals surface area contributed by atoms with E-state index in [1.807, 2.05) is 0 Å². The van der Waals surface area contributed by atoms with Crippen LogP contribution in [-0.4, -0.2) is 47.9 Å². The molecule has 1 aromatic carbocycles. The van der Waals surface area contributed by atoms with Crippen molar-refractivity contribution in [1.29, 1.82) is 5.41 Å². The molecule has 2 atom stereocenters. The summed E-state index contributed by atoms with van der Waals surface area (Å²) in [5, 5.41) is 6.66. The molecule has 0 bridgehead atoms. The first kappa shape index (κ1) is 20.6. The third-order valence-electron chi connectivity index (χ3n) is 2.55. The van der Waals surface area contributed by atoms with Crippen molar-refractivity contribution < 1.29 is 21.6 Å². The second kappa shape index (κ2) is 9.13. The minimum atomic E-state index is -4.37. The Balaban J connectivity index is 3.07. The first-order chi connectivity index (χ1) is 10.7. The summed E-state index contributed by atoms with van der Waals surface area (Å²) in [6, 6.07) is 2.18. The first-order valence-electron chi connectivity index (χ1n) is 6.08. The number of halogens is 4. The van der Waals surface area contributed by atoms with Crippen LogP contribution in [0.2, 0.25) is 15.1 Å². The van der Waals surface area contributed by atoms with Gasteiger partial charge in [-0.15, -0.1) is 0 Å². The van der Waals surface area contributed by atoms with E-state index < -0.39 is 33.7 Å². The van der Waals surface area contributed by atoms with E-state index in [0.29, 0.717) is 6.21 Å². The molecule has 1 N–H and O–H groups in total. The van der Waals surface area contributed by atoms with E-state index in [9.17, 15) is 12.8 Å². The van der Waals surface area contributed by atoms with Crippen LogP contribution in [0.3, 0.4) is 0 Å². The van der Waals surface area contributed by atoms with E-state index >= 15 is 0 Å². The van der Waals surface area contributed by atoms with Crippen molar-refractivity contribution in [3.63, 3.8) is 0 Å². The molecular weight excluding hydrogens is 389 g/mol. The van der Waals surface area contributed by atoms with E-state index in [4.69, 9.17) is 56.4 Å². The van der Waals surface area contributed by atoms with Crippen LogP contribution < -0.4 is 0 Å². The average Bonchev–Trinajstić information content (AvgIpc) is 2.47. The van der Waals surface area contributed by atoms with Gasteiger partial charge in [0.2, 0.25) is 0 Å². The van der Waals surface area contributed by atoms with Crippen LogP contribution in [-0.2, 0) is 19.0 Å². The molecule has 1 aromatic rings. The van der Waals surface area contributed by atoms with Gasteiger partial charge in [0.15, 0.2) is 0 Å². The average molecular weight is 399 g/mol. The second-order valence-corrected chi connectivity index (χ2v) is 7.02. The van der Waals surface area contributed by atoms with Gasteiger partial charge in [-0.2, -0.15) is 0 Å². The number of alkyl halides is 1. The van der Waals surface area contributed by atoms with Gasteiger partial charge in [0, 0.05) is 0 Å². The first-order valence-corrected chi connectivity index (χ1v) is 8.63. The van der Waals surface area contributed by atoms with Gasteiger partial charge in [-0.1, -0.05) is 0 Å². The molecule has 0 saturated heterocycles. The Hall–Kier alpha value is -0.470. The van der Waals surface area contributed by atoms with Gasteiger partial charge in [0.05, 0.1) is 0 Å². The SMILES string of the molecule is [B]=BOC[C@H](C[C@H](F)C=N)OS(=O)(=O)c1cc(Cl)c(Cl)cc1Cl. The third-order valence-corrected chi connectivity index (χ3v) is 5.10. The molecule has 0 aromatic heterocycles. The number of nitrogens with one attached hydrogen (secondary N) is 1. The van der Waals surface area contributed by atoms with Crippen molar-refractivity contribution in [2.45, 2.75) is 23.6 Å². The summed E-state index contributed by atoms with van der Waals surface area (Å²) in [6.07, 6.45) is -2.83. The summed E-state index contributed by atoms with van der Waals surface area (Å²) in [5.74, 6) is 0. The maximum absolute atomic E-state index is 13.3. The summed E-state index contributed by atoms with van der Waals surface area (Å²) < 4.78 is 47.5. The Kier molecular flexibility index (Phi) is 8.17. The van der Waals surface area contributed by atoms with Gasteiger partial charge >= 0.3 is 150 Å². The Morgan fingerprint density at radius 2 is 1.91 bits per heavy atom. The van der Waals surface area contributed by atoms with Crippen molar-refractivity contribution in [3.05, 3.63) is 27.2 Å². The Labute approximate surface area is 149 Å². The van der Waals surface area contributed by atoms with Crippen molar-refractivity contribution >= 4 is 65.5 Å². The van der Waals surface area contributed by atoms with Crippen LogP contribution in [0.15, 0.2) is 17.0 Å². The molecule has 1 radical (unpaired) electrons. The minimum absolute atomic E-state index is 0.0378. The molecule has 0 aliphatic heterocycles. The van der Waals surface area contributed by atoms with Crippen LogP contribution in [0.25, 0.3) is 0 Å². The number of benzene rings is 1.